The molecule has 0 aliphatic carbocycles. The number of ether oxygens (including phenoxy) is 1. The maximum atomic E-state index is 13.1. The number of rotatable bonds is 3. The smallest absolute Gasteiger partial charge is 0.235 e. The Bertz CT molecular complexity index is 518. The van der Waals surface area contributed by atoms with Crippen LogP contribution in [0.25, 0.3) is 0 Å². The highest BCUT2D eigenvalue weighted by atomic mass is 35.7. The van der Waals surface area contributed by atoms with Crippen molar-refractivity contribution in [1.82, 2.24) is 0 Å². The van der Waals surface area contributed by atoms with E-state index in [1.54, 1.807) is 12.1 Å². The van der Waals surface area contributed by atoms with Crippen molar-refractivity contribution in [1.29, 1.82) is 0 Å². The molecular formula is C12H14ClFO3S. The number of hydrogen-bond donors (Lipinski definition) is 0. The molecule has 0 amide bonds. The molecule has 1 aliphatic heterocycles. The second-order valence-corrected chi connectivity index (χ2v) is 7.32. The van der Waals surface area contributed by atoms with E-state index in [2.05, 4.69) is 0 Å². The fraction of sp³-hybridized carbons (Fsp3) is 0.500. The summed E-state index contributed by atoms with van der Waals surface area (Å²) in [6.07, 6.45) is 0.847. The van der Waals surface area contributed by atoms with E-state index in [4.69, 9.17) is 15.4 Å². The summed E-state index contributed by atoms with van der Waals surface area (Å²) in [5, 5.41) is -0.615. The van der Waals surface area contributed by atoms with Crippen molar-refractivity contribution in [2.24, 2.45) is 5.92 Å². The van der Waals surface area contributed by atoms with Gasteiger partial charge in [-0.15, -0.1) is 0 Å². The van der Waals surface area contributed by atoms with Gasteiger partial charge >= 0.3 is 0 Å². The Morgan fingerprint density at radius 3 is 2.89 bits per heavy atom. The van der Waals surface area contributed by atoms with Gasteiger partial charge in [-0.25, -0.2) is 12.8 Å². The highest BCUT2D eigenvalue weighted by Gasteiger charge is 2.34. The van der Waals surface area contributed by atoms with Crippen molar-refractivity contribution in [2.75, 3.05) is 13.2 Å². The van der Waals surface area contributed by atoms with Gasteiger partial charge in [0.25, 0.3) is 0 Å². The zero-order valence-corrected chi connectivity index (χ0v) is 11.3. The summed E-state index contributed by atoms with van der Waals surface area (Å²) < 4.78 is 41.3. The topological polar surface area (TPSA) is 43.4 Å². The van der Waals surface area contributed by atoms with Crippen molar-refractivity contribution < 1.29 is 17.5 Å². The first-order chi connectivity index (χ1) is 8.47. The molecule has 2 rings (SSSR count). The van der Waals surface area contributed by atoms with Crippen LogP contribution in [0.1, 0.15) is 12.0 Å². The Morgan fingerprint density at radius 2 is 2.22 bits per heavy atom. The third-order valence-corrected chi connectivity index (χ3v) is 5.18. The molecule has 0 radical (unpaired) electrons. The molecule has 3 nitrogen and oxygen atoms in total. The van der Waals surface area contributed by atoms with Crippen LogP contribution in [-0.2, 0) is 20.2 Å². The lowest BCUT2D eigenvalue weighted by Crippen LogP contribution is -2.37. The fourth-order valence-corrected chi connectivity index (χ4v) is 4.02. The van der Waals surface area contributed by atoms with Crippen molar-refractivity contribution >= 4 is 19.7 Å². The molecule has 100 valence electrons. The van der Waals surface area contributed by atoms with Crippen molar-refractivity contribution in [3.05, 3.63) is 35.6 Å². The highest BCUT2D eigenvalue weighted by Crippen LogP contribution is 2.27. The molecule has 0 N–H and O–H groups in total. The average Bonchev–Trinajstić information content (AvgIpc) is 2.28. The highest BCUT2D eigenvalue weighted by molar-refractivity contribution is 8.14. The van der Waals surface area contributed by atoms with Crippen LogP contribution < -0.4 is 0 Å². The first-order valence-electron chi connectivity index (χ1n) is 5.72. The summed E-state index contributed by atoms with van der Waals surface area (Å²) in [6, 6.07) is 6.15. The minimum Gasteiger partial charge on any atom is -0.381 e. The summed E-state index contributed by atoms with van der Waals surface area (Å²) in [5.41, 5.74) is 0.760. The second kappa shape index (κ2) is 5.55. The van der Waals surface area contributed by atoms with Crippen LogP contribution in [0.3, 0.4) is 0 Å². The fourth-order valence-electron chi connectivity index (χ4n) is 2.30. The summed E-state index contributed by atoms with van der Waals surface area (Å²) in [7, 11) is 1.84. The third kappa shape index (κ3) is 3.43. The first-order valence-corrected chi connectivity index (χ1v) is 8.10. The van der Waals surface area contributed by atoms with E-state index in [-0.39, 0.29) is 11.7 Å². The normalized spacial score (nSPS) is 25.0. The lowest BCUT2D eigenvalue weighted by molar-refractivity contribution is 0.0577. The van der Waals surface area contributed by atoms with E-state index in [0.717, 1.165) is 5.56 Å². The van der Waals surface area contributed by atoms with Gasteiger partial charge in [0.15, 0.2) is 0 Å². The Balaban J connectivity index is 2.15. The van der Waals surface area contributed by atoms with E-state index in [0.29, 0.717) is 26.1 Å². The molecule has 0 unspecified atom stereocenters. The van der Waals surface area contributed by atoms with Crippen molar-refractivity contribution in [3.8, 4) is 0 Å². The van der Waals surface area contributed by atoms with E-state index in [1.807, 2.05) is 0 Å². The van der Waals surface area contributed by atoms with Gasteiger partial charge in [0.05, 0.1) is 11.9 Å². The minimum atomic E-state index is -3.61. The van der Waals surface area contributed by atoms with Crippen LogP contribution in [0.5, 0.6) is 0 Å². The van der Waals surface area contributed by atoms with E-state index < -0.39 is 14.3 Å². The largest absolute Gasteiger partial charge is 0.381 e. The molecule has 0 aromatic heterocycles. The molecule has 6 heteroatoms. The van der Waals surface area contributed by atoms with Crippen LogP contribution >= 0.6 is 10.7 Å². The maximum absolute atomic E-state index is 13.1. The Labute approximate surface area is 110 Å². The maximum Gasteiger partial charge on any atom is 0.235 e. The van der Waals surface area contributed by atoms with E-state index in [9.17, 15) is 12.8 Å². The van der Waals surface area contributed by atoms with Gasteiger partial charge < -0.3 is 4.74 Å². The Kier molecular flexibility index (Phi) is 4.25. The lowest BCUT2D eigenvalue weighted by atomic mass is 9.93. The van der Waals surface area contributed by atoms with Gasteiger partial charge in [-0.3, -0.25) is 0 Å². The van der Waals surface area contributed by atoms with Gasteiger partial charge in [-0.05, 0) is 30.5 Å². The molecule has 0 saturated carbocycles. The van der Waals surface area contributed by atoms with Crippen molar-refractivity contribution in [3.63, 3.8) is 0 Å². The quantitative estimate of drug-likeness (QED) is 0.803. The van der Waals surface area contributed by atoms with Gasteiger partial charge in [-0.2, -0.15) is 0 Å². The average molecular weight is 293 g/mol. The molecular weight excluding hydrogens is 279 g/mol. The Hall–Kier alpha value is -0.650. The molecule has 1 heterocycles. The molecule has 1 aliphatic rings. The van der Waals surface area contributed by atoms with Gasteiger partial charge in [-0.1, -0.05) is 12.1 Å². The minimum absolute atomic E-state index is 0.219. The third-order valence-electron chi connectivity index (χ3n) is 3.15. The van der Waals surface area contributed by atoms with E-state index >= 15 is 0 Å². The summed E-state index contributed by atoms with van der Waals surface area (Å²) in [4.78, 5) is 0. The van der Waals surface area contributed by atoms with E-state index in [1.165, 1.54) is 12.1 Å². The standard InChI is InChI=1S/C12H14ClFO3S/c13-18(15,16)12-4-5-17-8-10(12)6-9-2-1-3-11(14)7-9/h1-3,7,10,12H,4-6,8H2/t10-,12+/m1/s1. The zero-order valence-electron chi connectivity index (χ0n) is 9.68. The van der Waals surface area contributed by atoms with Crippen molar-refractivity contribution in [2.45, 2.75) is 18.1 Å². The number of halogens is 2. The second-order valence-electron chi connectivity index (χ2n) is 4.47. The molecule has 2 atom stereocenters. The van der Waals surface area contributed by atoms with Crippen LogP contribution in [-0.4, -0.2) is 26.9 Å². The molecule has 1 aromatic carbocycles. The SMILES string of the molecule is O=S(=O)(Cl)[C@H]1CCOC[C@H]1Cc1cccc(F)c1. The molecule has 18 heavy (non-hydrogen) atoms. The molecule has 1 aromatic rings. The summed E-state index contributed by atoms with van der Waals surface area (Å²) in [5.74, 6) is -0.544. The zero-order chi connectivity index (χ0) is 13.2. The lowest BCUT2D eigenvalue weighted by Gasteiger charge is -2.29. The monoisotopic (exact) mass is 292 g/mol. The van der Waals surface area contributed by atoms with Crippen LogP contribution in [0, 0.1) is 11.7 Å². The molecule has 1 fully saturated rings. The Morgan fingerprint density at radius 1 is 1.44 bits per heavy atom. The molecule has 0 spiro atoms. The predicted octanol–water partition coefficient (Wildman–Crippen LogP) is 2.34. The number of benzene rings is 1. The molecule has 1 saturated heterocycles. The summed E-state index contributed by atoms with van der Waals surface area (Å²) in [6.45, 7) is 0.739. The molecule has 0 bridgehead atoms. The van der Waals surface area contributed by atoms with Gasteiger partial charge in [0.1, 0.15) is 5.82 Å². The van der Waals surface area contributed by atoms with Crippen LogP contribution in [0.4, 0.5) is 4.39 Å². The predicted molar refractivity (Wildman–Crippen MR) is 67.6 cm³/mol. The van der Waals surface area contributed by atoms with Crippen LogP contribution in [0.2, 0.25) is 0 Å². The number of hydrogen-bond acceptors (Lipinski definition) is 3. The van der Waals surface area contributed by atoms with Crippen LogP contribution in [0.15, 0.2) is 24.3 Å². The van der Waals surface area contributed by atoms with Gasteiger partial charge in [0.2, 0.25) is 9.05 Å². The van der Waals surface area contributed by atoms with Gasteiger partial charge in [0, 0.05) is 23.2 Å². The first kappa shape index (κ1) is 13.8. The summed E-state index contributed by atoms with van der Waals surface area (Å²) >= 11 is 0.